The number of imidazole rings is 1. The number of aryl methyl sites for hydroxylation is 1. The first-order valence-corrected chi connectivity index (χ1v) is 7.51. The fourth-order valence-corrected chi connectivity index (χ4v) is 3.16. The van der Waals surface area contributed by atoms with E-state index < -0.39 is 0 Å². The maximum absolute atomic E-state index is 5.95. The molecular formula is C17H18N4. The summed E-state index contributed by atoms with van der Waals surface area (Å²) in [6, 6.07) is 10.3. The van der Waals surface area contributed by atoms with Crippen LogP contribution in [0.5, 0.6) is 0 Å². The number of nitrogens with two attached hydrogens (primary N) is 1. The summed E-state index contributed by atoms with van der Waals surface area (Å²) in [4.78, 5) is 9.41. The van der Waals surface area contributed by atoms with Gasteiger partial charge in [0.05, 0.1) is 11.2 Å². The van der Waals surface area contributed by atoms with Crippen LogP contribution in [-0.4, -0.2) is 14.5 Å². The van der Waals surface area contributed by atoms with E-state index in [9.17, 15) is 0 Å². The van der Waals surface area contributed by atoms with E-state index in [0.717, 1.165) is 35.1 Å². The van der Waals surface area contributed by atoms with Gasteiger partial charge in [-0.2, -0.15) is 0 Å². The number of para-hydroxylation sites is 1. The Morgan fingerprint density at radius 2 is 2.00 bits per heavy atom. The molecule has 21 heavy (non-hydrogen) atoms. The van der Waals surface area contributed by atoms with Crippen molar-refractivity contribution in [1.82, 2.24) is 14.5 Å². The van der Waals surface area contributed by atoms with Gasteiger partial charge in [-0.3, -0.25) is 4.57 Å². The predicted molar refractivity (Wildman–Crippen MR) is 83.4 cm³/mol. The lowest BCUT2D eigenvalue weighted by Gasteiger charge is -2.16. The van der Waals surface area contributed by atoms with Crippen LogP contribution >= 0.6 is 0 Å². The molecule has 0 unspecified atom stereocenters. The van der Waals surface area contributed by atoms with Crippen LogP contribution < -0.4 is 5.73 Å². The summed E-state index contributed by atoms with van der Waals surface area (Å²) in [7, 11) is 0. The molecule has 2 N–H and O–H groups in total. The van der Waals surface area contributed by atoms with Crippen molar-refractivity contribution in [2.45, 2.75) is 32.2 Å². The molecular weight excluding hydrogens is 260 g/mol. The van der Waals surface area contributed by atoms with Crippen LogP contribution in [0, 0.1) is 0 Å². The molecule has 0 radical (unpaired) electrons. The second-order valence-corrected chi connectivity index (χ2v) is 5.58. The van der Waals surface area contributed by atoms with Crippen LogP contribution in [0.25, 0.3) is 16.7 Å². The van der Waals surface area contributed by atoms with Gasteiger partial charge in [-0.25, -0.2) is 9.97 Å². The quantitative estimate of drug-likeness (QED) is 0.784. The zero-order valence-electron chi connectivity index (χ0n) is 11.9. The highest BCUT2D eigenvalue weighted by Gasteiger charge is 2.18. The Morgan fingerprint density at radius 1 is 1.14 bits per heavy atom. The van der Waals surface area contributed by atoms with Crippen LogP contribution in [0.1, 0.15) is 29.8 Å². The number of fused-ring (bicyclic) bond motifs is 2. The lowest BCUT2D eigenvalue weighted by atomic mass is 10.0. The molecule has 2 aromatic heterocycles. The van der Waals surface area contributed by atoms with E-state index >= 15 is 0 Å². The molecule has 0 bridgehead atoms. The van der Waals surface area contributed by atoms with Crippen LogP contribution in [0.4, 0.5) is 0 Å². The van der Waals surface area contributed by atoms with Crippen molar-refractivity contribution in [3.05, 3.63) is 53.6 Å². The molecule has 0 amide bonds. The maximum atomic E-state index is 5.95. The number of aromatic nitrogens is 3. The SMILES string of the molecule is NCc1cc2ccccc2nc1-n1cnc2c1CCCC2. The van der Waals surface area contributed by atoms with Crippen molar-refractivity contribution in [2.75, 3.05) is 0 Å². The number of benzene rings is 1. The van der Waals surface area contributed by atoms with Crippen molar-refractivity contribution in [2.24, 2.45) is 5.73 Å². The molecule has 1 aliphatic rings. The van der Waals surface area contributed by atoms with E-state index in [1.54, 1.807) is 0 Å². The van der Waals surface area contributed by atoms with Gasteiger partial charge in [-0.1, -0.05) is 18.2 Å². The van der Waals surface area contributed by atoms with Gasteiger partial charge in [0.1, 0.15) is 12.1 Å². The van der Waals surface area contributed by atoms with Crippen LogP contribution in [0.15, 0.2) is 36.7 Å². The Kier molecular flexibility index (Phi) is 2.97. The van der Waals surface area contributed by atoms with Gasteiger partial charge in [0, 0.05) is 23.2 Å². The highest BCUT2D eigenvalue weighted by molar-refractivity contribution is 5.80. The zero-order chi connectivity index (χ0) is 14.2. The van der Waals surface area contributed by atoms with Crippen molar-refractivity contribution in [3.8, 4) is 5.82 Å². The van der Waals surface area contributed by atoms with Crippen molar-refractivity contribution < 1.29 is 0 Å². The molecule has 0 aliphatic heterocycles. The van der Waals surface area contributed by atoms with Crippen LogP contribution in [-0.2, 0) is 19.4 Å². The van der Waals surface area contributed by atoms with Gasteiger partial charge in [-0.05, 0) is 37.8 Å². The molecule has 0 saturated heterocycles. The summed E-state index contributed by atoms with van der Waals surface area (Å²) >= 11 is 0. The van der Waals surface area contributed by atoms with Crippen molar-refractivity contribution in [1.29, 1.82) is 0 Å². The average Bonchev–Trinajstić information content (AvgIpc) is 2.97. The minimum Gasteiger partial charge on any atom is -0.326 e. The van der Waals surface area contributed by atoms with Crippen molar-refractivity contribution in [3.63, 3.8) is 0 Å². The van der Waals surface area contributed by atoms with E-state index in [2.05, 4.69) is 21.7 Å². The Labute approximate surface area is 123 Å². The summed E-state index contributed by atoms with van der Waals surface area (Å²) in [5.41, 5.74) is 10.5. The standard InChI is InChI=1S/C17H18N4/c18-10-13-9-12-5-1-2-6-14(12)20-17(13)21-11-19-15-7-3-4-8-16(15)21/h1-2,5-6,9,11H,3-4,7-8,10,18H2. The molecule has 1 aromatic carbocycles. The summed E-state index contributed by atoms with van der Waals surface area (Å²) < 4.78 is 2.14. The van der Waals surface area contributed by atoms with E-state index in [0.29, 0.717) is 6.54 Å². The minimum absolute atomic E-state index is 0.486. The number of hydrogen-bond acceptors (Lipinski definition) is 3. The third kappa shape index (κ3) is 2.03. The number of pyridine rings is 1. The third-order valence-electron chi connectivity index (χ3n) is 4.26. The molecule has 0 saturated carbocycles. The Morgan fingerprint density at radius 3 is 2.90 bits per heavy atom. The first-order chi connectivity index (χ1) is 10.4. The van der Waals surface area contributed by atoms with E-state index in [1.807, 2.05) is 24.5 Å². The molecule has 1 aliphatic carbocycles. The highest BCUT2D eigenvalue weighted by Crippen LogP contribution is 2.25. The summed E-state index contributed by atoms with van der Waals surface area (Å²) in [6.07, 6.45) is 6.52. The Hall–Kier alpha value is -2.20. The molecule has 106 valence electrons. The third-order valence-corrected chi connectivity index (χ3v) is 4.26. The lowest BCUT2D eigenvalue weighted by Crippen LogP contribution is -2.11. The predicted octanol–water partition coefficient (Wildman–Crippen LogP) is 2.76. The molecule has 0 fully saturated rings. The molecule has 4 heteroatoms. The van der Waals surface area contributed by atoms with Gasteiger partial charge in [0.15, 0.2) is 0 Å². The van der Waals surface area contributed by atoms with Gasteiger partial charge in [0.2, 0.25) is 0 Å². The van der Waals surface area contributed by atoms with Crippen LogP contribution in [0.2, 0.25) is 0 Å². The molecule has 4 rings (SSSR count). The maximum Gasteiger partial charge on any atom is 0.143 e. The Balaban J connectivity index is 1.94. The first kappa shape index (κ1) is 12.5. The van der Waals surface area contributed by atoms with Gasteiger partial charge in [0.25, 0.3) is 0 Å². The smallest absolute Gasteiger partial charge is 0.143 e. The fraction of sp³-hybridized carbons (Fsp3) is 0.294. The molecule has 0 atom stereocenters. The average molecular weight is 278 g/mol. The molecule has 3 aromatic rings. The normalized spacial score (nSPS) is 14.3. The minimum atomic E-state index is 0.486. The summed E-state index contributed by atoms with van der Waals surface area (Å²) in [5, 5.41) is 1.13. The van der Waals surface area contributed by atoms with Gasteiger partial charge in [-0.15, -0.1) is 0 Å². The molecule has 0 spiro atoms. The van der Waals surface area contributed by atoms with E-state index in [4.69, 9.17) is 10.7 Å². The number of hydrogen-bond donors (Lipinski definition) is 1. The van der Waals surface area contributed by atoms with E-state index in [-0.39, 0.29) is 0 Å². The summed E-state index contributed by atoms with van der Waals surface area (Å²) in [6.45, 7) is 0.486. The van der Waals surface area contributed by atoms with Crippen LogP contribution in [0.3, 0.4) is 0 Å². The fourth-order valence-electron chi connectivity index (χ4n) is 3.16. The first-order valence-electron chi connectivity index (χ1n) is 7.51. The highest BCUT2D eigenvalue weighted by atomic mass is 15.1. The Bertz CT molecular complexity index is 804. The molecule has 4 nitrogen and oxygen atoms in total. The largest absolute Gasteiger partial charge is 0.326 e. The van der Waals surface area contributed by atoms with Gasteiger partial charge >= 0.3 is 0 Å². The van der Waals surface area contributed by atoms with Gasteiger partial charge < -0.3 is 5.73 Å². The van der Waals surface area contributed by atoms with E-state index in [1.165, 1.54) is 24.2 Å². The summed E-state index contributed by atoms with van der Waals surface area (Å²) in [5.74, 6) is 0.937. The second-order valence-electron chi connectivity index (χ2n) is 5.58. The molecule has 2 heterocycles. The second kappa shape index (κ2) is 4.97. The monoisotopic (exact) mass is 278 g/mol. The number of nitrogens with zero attached hydrogens (tertiary/aromatic N) is 3. The lowest BCUT2D eigenvalue weighted by molar-refractivity contribution is 0.653. The topological polar surface area (TPSA) is 56.7 Å². The zero-order valence-corrected chi connectivity index (χ0v) is 11.9. The number of rotatable bonds is 2. The van der Waals surface area contributed by atoms with Crippen molar-refractivity contribution >= 4 is 10.9 Å².